The number of aldehydes is 1. The topological polar surface area (TPSA) is 139 Å². The summed E-state index contributed by atoms with van der Waals surface area (Å²) in [6.45, 7) is 7.75. The average molecular weight is 701 g/mol. The van der Waals surface area contributed by atoms with Gasteiger partial charge in [-0.1, -0.05) is 32.0 Å². The normalized spacial score (nSPS) is 37.4. The third-order valence-corrected chi connectivity index (χ3v) is 13.5. The molecular formula is C40H52N4O7. The van der Waals surface area contributed by atoms with Crippen molar-refractivity contribution >= 4 is 28.8 Å². The van der Waals surface area contributed by atoms with Crippen LogP contribution in [0.3, 0.4) is 0 Å². The first-order valence-electron chi connectivity index (χ1n) is 18.7. The van der Waals surface area contributed by atoms with Crippen molar-refractivity contribution in [1.29, 1.82) is 0 Å². The van der Waals surface area contributed by atoms with Gasteiger partial charge in [-0.15, -0.1) is 0 Å². The van der Waals surface area contributed by atoms with Crippen molar-refractivity contribution in [2.75, 3.05) is 58.9 Å². The number of esters is 1. The fraction of sp³-hybridized carbons (Fsp3) is 0.600. The lowest BCUT2D eigenvalue weighted by atomic mass is 9.55. The Kier molecular flexibility index (Phi) is 8.35. The second kappa shape index (κ2) is 12.3. The molecular weight excluding hydrogens is 648 g/mol. The fourth-order valence-corrected chi connectivity index (χ4v) is 11.8. The molecule has 4 N–H and O–H groups in total. The predicted molar refractivity (Wildman–Crippen MR) is 193 cm³/mol. The maximum atomic E-state index is 15.0. The summed E-state index contributed by atoms with van der Waals surface area (Å²) in [4.78, 5) is 38.4. The highest BCUT2D eigenvalue weighted by atomic mass is 16.5. The Bertz CT molecular complexity index is 1860. The molecule has 3 aromatic rings. The molecule has 5 heterocycles. The lowest BCUT2D eigenvalue weighted by Crippen LogP contribution is -2.75. The van der Waals surface area contributed by atoms with Crippen LogP contribution in [0.5, 0.6) is 5.75 Å². The van der Waals surface area contributed by atoms with Crippen LogP contribution in [-0.4, -0.2) is 126 Å². The molecule has 0 radical (unpaired) electrons. The summed E-state index contributed by atoms with van der Waals surface area (Å²) in [5.74, 6) is -0.345. The summed E-state index contributed by atoms with van der Waals surface area (Å²) in [6, 6.07) is 11.3. The van der Waals surface area contributed by atoms with E-state index >= 15 is 0 Å². The van der Waals surface area contributed by atoms with Crippen LogP contribution < -0.4 is 9.64 Å². The zero-order valence-electron chi connectivity index (χ0n) is 30.4. The van der Waals surface area contributed by atoms with Crippen molar-refractivity contribution in [3.8, 4) is 5.75 Å². The smallest absolute Gasteiger partial charge is 0.322 e. The van der Waals surface area contributed by atoms with E-state index in [0.29, 0.717) is 49.8 Å². The Labute approximate surface area is 299 Å². The molecule has 6 unspecified atom stereocenters. The van der Waals surface area contributed by atoms with Crippen molar-refractivity contribution in [3.05, 3.63) is 58.8 Å². The molecule has 1 spiro atoms. The molecule has 0 amide bonds. The van der Waals surface area contributed by atoms with Crippen LogP contribution in [0.15, 0.2) is 36.4 Å². The number of ether oxygens (including phenoxy) is 2. The number of methoxy groups -OCH3 is 2. The minimum atomic E-state index is -2.02. The summed E-state index contributed by atoms with van der Waals surface area (Å²) in [7, 11) is 4.93. The lowest BCUT2D eigenvalue weighted by molar-refractivity contribution is -0.171. The van der Waals surface area contributed by atoms with E-state index in [1.165, 1.54) is 7.11 Å². The third-order valence-electron chi connectivity index (χ3n) is 13.5. The molecule has 3 fully saturated rings. The number of H-pyrrole nitrogens is 1. The summed E-state index contributed by atoms with van der Waals surface area (Å²) >= 11 is 0. The zero-order chi connectivity index (χ0) is 36.0. The van der Waals surface area contributed by atoms with Gasteiger partial charge in [-0.05, 0) is 74.4 Å². The number of aliphatic hydroxyl groups excluding tert-OH is 2. The van der Waals surface area contributed by atoms with E-state index in [0.717, 1.165) is 66.0 Å². The van der Waals surface area contributed by atoms with Crippen molar-refractivity contribution in [1.82, 2.24) is 14.8 Å². The van der Waals surface area contributed by atoms with Crippen LogP contribution in [0, 0.1) is 11.8 Å². The number of aromatic amines is 1. The van der Waals surface area contributed by atoms with Gasteiger partial charge in [0.05, 0.1) is 32.5 Å². The molecule has 5 aliphatic rings. The summed E-state index contributed by atoms with van der Waals surface area (Å²) in [6.07, 6.45) is 1.98. The van der Waals surface area contributed by atoms with Gasteiger partial charge in [-0.3, -0.25) is 14.5 Å². The number of nitrogens with zero attached hydrogens (tertiary/aromatic N) is 3. The fourth-order valence-electron chi connectivity index (χ4n) is 11.8. The summed E-state index contributed by atoms with van der Waals surface area (Å²) in [5, 5.41) is 36.1. The number of carbonyl (C=O) groups excluding carboxylic acids is 2. The largest absolute Gasteiger partial charge is 0.496 e. The number of aliphatic hydroxyl groups is 3. The number of benzene rings is 2. The molecule has 1 aliphatic carbocycles. The average Bonchev–Trinajstić information content (AvgIpc) is 3.77. The first-order chi connectivity index (χ1) is 24.5. The Morgan fingerprint density at radius 1 is 1.12 bits per heavy atom. The van der Waals surface area contributed by atoms with Crippen LogP contribution in [0.2, 0.25) is 0 Å². The quantitative estimate of drug-likeness (QED) is 0.224. The second-order valence-corrected chi connectivity index (χ2v) is 16.1. The van der Waals surface area contributed by atoms with Crippen LogP contribution >= 0.6 is 0 Å². The van der Waals surface area contributed by atoms with Gasteiger partial charge in [0.25, 0.3) is 0 Å². The van der Waals surface area contributed by atoms with E-state index < -0.39 is 46.6 Å². The maximum absolute atomic E-state index is 15.0. The van der Waals surface area contributed by atoms with Crippen LogP contribution in [-0.2, 0) is 31.6 Å². The second-order valence-electron chi connectivity index (χ2n) is 16.1. The number of rotatable bonds is 6. The van der Waals surface area contributed by atoms with Crippen molar-refractivity contribution in [2.45, 2.75) is 86.7 Å². The molecule has 1 aromatic heterocycles. The van der Waals surface area contributed by atoms with Crippen molar-refractivity contribution in [3.63, 3.8) is 0 Å². The number of para-hydroxylation sites is 1. The minimum absolute atomic E-state index is 0.0268. The first kappa shape index (κ1) is 34.6. The standard InChI is InChI=1S/C40H52N4O7/c1-6-13-44-15-12-38-28-17-29(32(50-4)18-31(28)42(3)36(38)40(49,22-45)35(47)23(2)34(38)44)39(37(48)51-5)19-24-16-25(46)21-43(20-24)14-11-27-26-9-7-8-10-30(26)41-33(27)39/h7-10,17-18,22-25,34-36,41,46-47,49H,6,11-16,19-21H2,1-5H3/t23?,24?,25-,34-,35?,36?,38?,39-,40+/m0/s1. The lowest BCUT2D eigenvalue weighted by Gasteiger charge is -2.56. The number of nitrogens with one attached hydrogen (secondary N) is 1. The van der Waals surface area contributed by atoms with Gasteiger partial charge < -0.3 is 39.6 Å². The van der Waals surface area contributed by atoms with E-state index in [1.54, 1.807) is 7.11 Å². The molecule has 1 saturated carbocycles. The van der Waals surface area contributed by atoms with Crippen molar-refractivity contribution in [2.24, 2.45) is 11.8 Å². The molecule has 11 heteroatoms. The van der Waals surface area contributed by atoms with Gasteiger partial charge in [-0.25, -0.2) is 0 Å². The number of hydrogen-bond donors (Lipinski definition) is 4. The van der Waals surface area contributed by atoms with Crippen LogP contribution in [0.1, 0.15) is 61.9 Å². The number of likely N-dealkylation sites (tertiary alicyclic amines) is 1. The molecule has 51 heavy (non-hydrogen) atoms. The van der Waals surface area contributed by atoms with Crippen LogP contribution in [0.25, 0.3) is 10.9 Å². The van der Waals surface area contributed by atoms with E-state index in [9.17, 15) is 24.9 Å². The summed E-state index contributed by atoms with van der Waals surface area (Å²) < 4.78 is 12.1. The summed E-state index contributed by atoms with van der Waals surface area (Å²) in [5.41, 5.74) is 1.09. The third kappa shape index (κ3) is 4.60. The van der Waals surface area contributed by atoms with Crippen molar-refractivity contribution < 1.29 is 34.4 Å². The number of piperidine rings is 1. The molecule has 4 aliphatic heterocycles. The van der Waals surface area contributed by atoms with Crippen LogP contribution in [0.4, 0.5) is 5.69 Å². The Morgan fingerprint density at radius 2 is 1.90 bits per heavy atom. The van der Waals surface area contributed by atoms with E-state index in [-0.39, 0.29) is 12.0 Å². The number of carbonyl (C=O) groups is 2. The number of likely N-dealkylation sites (N-methyl/N-ethyl adjacent to an activating group) is 1. The molecule has 2 saturated heterocycles. The first-order valence-corrected chi connectivity index (χ1v) is 18.7. The van der Waals surface area contributed by atoms with E-state index in [4.69, 9.17) is 9.47 Å². The monoisotopic (exact) mass is 700 g/mol. The van der Waals surface area contributed by atoms with Gasteiger partial charge in [0.15, 0.2) is 11.9 Å². The minimum Gasteiger partial charge on any atom is -0.496 e. The molecule has 11 nitrogen and oxygen atoms in total. The SMILES string of the molecule is CCCN1CCC23c4cc([C@@]5(C(=O)OC)CC6C[C@H](O)CN(CCc7c5[nH]c5ccccc75)C6)c(OC)cc4N(C)C2[C@@](O)(C=O)C(O)C(C)[C@H]13. The molecule has 274 valence electrons. The number of hydrogen-bond acceptors (Lipinski definition) is 10. The predicted octanol–water partition coefficient (Wildman–Crippen LogP) is 2.75. The Hall–Kier alpha value is -3.48. The molecule has 2 aromatic carbocycles. The molecule has 2 bridgehead atoms. The highest BCUT2D eigenvalue weighted by Gasteiger charge is 2.72. The zero-order valence-corrected chi connectivity index (χ0v) is 30.4. The highest BCUT2D eigenvalue weighted by Crippen LogP contribution is 2.63. The van der Waals surface area contributed by atoms with Gasteiger partial charge in [-0.2, -0.15) is 0 Å². The van der Waals surface area contributed by atoms with E-state index in [2.05, 4.69) is 33.8 Å². The highest BCUT2D eigenvalue weighted by molar-refractivity contribution is 5.94. The molecule has 10 atom stereocenters. The number of anilines is 1. The van der Waals surface area contributed by atoms with Gasteiger partial charge >= 0.3 is 5.97 Å². The van der Waals surface area contributed by atoms with Gasteiger partial charge in [0, 0.05) is 78.0 Å². The number of aromatic nitrogens is 1. The van der Waals surface area contributed by atoms with E-state index in [1.807, 2.05) is 43.1 Å². The number of fused-ring (bicyclic) bond motifs is 6. The van der Waals surface area contributed by atoms with Gasteiger partial charge in [0.2, 0.25) is 0 Å². The van der Waals surface area contributed by atoms with Gasteiger partial charge in [0.1, 0.15) is 11.2 Å². The maximum Gasteiger partial charge on any atom is 0.322 e. The molecule has 8 rings (SSSR count). The Balaban J connectivity index is 1.44. The Morgan fingerprint density at radius 3 is 2.63 bits per heavy atom.